The minimum atomic E-state index is -1.15. The maximum atomic E-state index is 13.3. The molecule has 0 aliphatic carbocycles. The molecule has 3 amide bonds. The predicted molar refractivity (Wildman–Crippen MR) is 154 cm³/mol. The largest absolute Gasteiger partial charge is 0.459 e. The van der Waals surface area contributed by atoms with E-state index >= 15 is 0 Å². The van der Waals surface area contributed by atoms with Crippen LogP contribution in [0.25, 0.3) is 0 Å². The molecule has 0 radical (unpaired) electrons. The van der Waals surface area contributed by atoms with Crippen LogP contribution in [0.3, 0.4) is 0 Å². The van der Waals surface area contributed by atoms with Crippen LogP contribution in [0, 0.1) is 5.92 Å². The lowest BCUT2D eigenvalue weighted by atomic mass is 10.0. The molecule has 0 aromatic heterocycles. The minimum Gasteiger partial charge on any atom is -0.459 e. The molecule has 0 saturated carbocycles. The summed E-state index contributed by atoms with van der Waals surface area (Å²) >= 11 is 0. The fourth-order valence-electron chi connectivity index (χ4n) is 3.70. The maximum Gasteiger partial charge on any atom is 0.408 e. The number of hydrogen-bond donors (Lipinski definition) is 3. The minimum absolute atomic E-state index is 0.0571. The zero-order valence-corrected chi connectivity index (χ0v) is 24.8. The van der Waals surface area contributed by atoms with Gasteiger partial charge in [-0.2, -0.15) is 0 Å². The summed E-state index contributed by atoms with van der Waals surface area (Å²) in [6.07, 6.45) is -0.429. The molecule has 0 spiro atoms. The molecule has 0 heterocycles. The maximum absolute atomic E-state index is 13.3. The Bertz CT molecular complexity index is 1120. The number of nitrogens with one attached hydrogen (secondary N) is 3. The highest BCUT2D eigenvalue weighted by Gasteiger charge is 2.30. The number of carbonyl (C=O) groups is 4. The Kier molecular flexibility index (Phi) is 13.3. The highest BCUT2D eigenvalue weighted by molar-refractivity contribution is 5.93. The van der Waals surface area contributed by atoms with Crippen molar-refractivity contribution in [1.29, 1.82) is 0 Å². The van der Waals surface area contributed by atoms with Crippen LogP contribution in [0.1, 0.15) is 59.1 Å². The summed E-state index contributed by atoms with van der Waals surface area (Å²) in [5.41, 5.74) is 0.953. The first-order chi connectivity index (χ1) is 19.3. The van der Waals surface area contributed by atoms with E-state index in [2.05, 4.69) is 16.0 Å². The number of alkyl carbamates (subject to hydrolysis) is 1. The summed E-state index contributed by atoms with van der Waals surface area (Å²) in [5.74, 6) is -1.77. The first-order valence-corrected chi connectivity index (χ1v) is 13.8. The van der Waals surface area contributed by atoms with Crippen LogP contribution in [0.2, 0.25) is 0 Å². The Morgan fingerprint density at radius 2 is 1.27 bits per heavy atom. The molecular formula is C31H43N3O7. The van der Waals surface area contributed by atoms with E-state index in [0.29, 0.717) is 6.42 Å². The molecule has 0 aliphatic rings. The van der Waals surface area contributed by atoms with Crippen molar-refractivity contribution in [3.05, 3.63) is 71.8 Å². The standard InChI is InChI=1S/C31H43N3O7/c1-21(2)17-25(34-30(38)41-31(4,5)6)27(35)33-26(20-39-18-23-13-9-7-10-14-23)28(36)32-22(3)29(37)40-19-24-15-11-8-12-16-24/h7-16,21-22,25-26H,17-20H2,1-6H3,(H,32,36)(H,33,35)(H,34,38). The monoisotopic (exact) mass is 569 g/mol. The third kappa shape index (κ3) is 13.3. The van der Waals surface area contributed by atoms with Gasteiger partial charge in [-0.25, -0.2) is 9.59 Å². The number of ether oxygens (including phenoxy) is 3. The van der Waals surface area contributed by atoms with E-state index in [-0.39, 0.29) is 25.7 Å². The number of carbonyl (C=O) groups excluding carboxylic acids is 4. The zero-order chi connectivity index (χ0) is 30.4. The molecule has 3 N–H and O–H groups in total. The highest BCUT2D eigenvalue weighted by atomic mass is 16.6. The van der Waals surface area contributed by atoms with Crippen LogP contribution in [-0.2, 0) is 41.8 Å². The second kappa shape index (κ2) is 16.4. The van der Waals surface area contributed by atoms with Crippen LogP contribution >= 0.6 is 0 Å². The second-order valence-corrected chi connectivity index (χ2v) is 11.2. The summed E-state index contributed by atoms with van der Waals surface area (Å²) in [4.78, 5) is 51.5. The van der Waals surface area contributed by atoms with Gasteiger partial charge in [0.05, 0.1) is 13.2 Å². The number of benzene rings is 2. The first kappa shape index (κ1) is 33.3. The van der Waals surface area contributed by atoms with Gasteiger partial charge in [-0.1, -0.05) is 74.5 Å². The van der Waals surface area contributed by atoms with E-state index < -0.39 is 47.6 Å². The Labute approximate surface area is 242 Å². The first-order valence-electron chi connectivity index (χ1n) is 13.8. The molecule has 2 aromatic carbocycles. The predicted octanol–water partition coefficient (Wildman–Crippen LogP) is 3.88. The Morgan fingerprint density at radius 3 is 1.80 bits per heavy atom. The van der Waals surface area contributed by atoms with Gasteiger partial charge in [-0.05, 0) is 51.2 Å². The smallest absolute Gasteiger partial charge is 0.408 e. The van der Waals surface area contributed by atoms with Crippen molar-refractivity contribution in [1.82, 2.24) is 16.0 Å². The van der Waals surface area contributed by atoms with Crippen LogP contribution < -0.4 is 16.0 Å². The third-order valence-electron chi connectivity index (χ3n) is 5.68. The topological polar surface area (TPSA) is 132 Å². The summed E-state index contributed by atoms with van der Waals surface area (Å²) in [6.45, 7) is 10.6. The molecule has 2 rings (SSSR count). The van der Waals surface area contributed by atoms with Crippen LogP contribution in [-0.4, -0.2) is 54.2 Å². The van der Waals surface area contributed by atoms with Gasteiger partial charge in [0.1, 0.15) is 30.3 Å². The Morgan fingerprint density at radius 1 is 0.732 bits per heavy atom. The molecule has 10 heteroatoms. The van der Waals surface area contributed by atoms with Crippen molar-refractivity contribution in [3.63, 3.8) is 0 Å². The van der Waals surface area contributed by atoms with Gasteiger partial charge in [0.2, 0.25) is 11.8 Å². The SMILES string of the molecule is CC(C)CC(NC(=O)OC(C)(C)C)C(=O)NC(COCc1ccccc1)C(=O)NC(C)C(=O)OCc1ccccc1. The van der Waals surface area contributed by atoms with Gasteiger partial charge in [0.25, 0.3) is 0 Å². The lowest BCUT2D eigenvalue weighted by Gasteiger charge is -2.26. The normalized spacial score (nSPS) is 13.4. The van der Waals surface area contributed by atoms with Crippen molar-refractivity contribution in [2.45, 2.75) is 84.9 Å². The third-order valence-corrected chi connectivity index (χ3v) is 5.68. The summed E-state index contributed by atoms with van der Waals surface area (Å²) < 4.78 is 16.4. The molecule has 3 atom stereocenters. The van der Waals surface area contributed by atoms with Gasteiger partial charge >= 0.3 is 12.1 Å². The average Bonchev–Trinajstić information content (AvgIpc) is 2.90. The van der Waals surface area contributed by atoms with Crippen molar-refractivity contribution < 1.29 is 33.4 Å². The van der Waals surface area contributed by atoms with Crippen LogP contribution in [0.15, 0.2) is 60.7 Å². The van der Waals surface area contributed by atoms with E-state index in [0.717, 1.165) is 11.1 Å². The van der Waals surface area contributed by atoms with Gasteiger partial charge in [0.15, 0.2) is 0 Å². The van der Waals surface area contributed by atoms with E-state index in [1.807, 2.05) is 74.5 Å². The number of rotatable bonds is 14. The van der Waals surface area contributed by atoms with Gasteiger partial charge in [-0.15, -0.1) is 0 Å². The van der Waals surface area contributed by atoms with Gasteiger partial charge < -0.3 is 30.2 Å². The van der Waals surface area contributed by atoms with E-state index in [1.165, 1.54) is 6.92 Å². The summed E-state index contributed by atoms with van der Waals surface area (Å²) in [7, 11) is 0. The van der Waals surface area contributed by atoms with Crippen molar-refractivity contribution >= 4 is 23.9 Å². The van der Waals surface area contributed by atoms with Gasteiger partial charge in [-0.3, -0.25) is 9.59 Å². The zero-order valence-electron chi connectivity index (χ0n) is 24.8. The molecule has 0 fully saturated rings. The Hall–Kier alpha value is -3.92. The summed E-state index contributed by atoms with van der Waals surface area (Å²) in [5, 5.41) is 7.88. The number of amides is 3. The number of hydrogen-bond acceptors (Lipinski definition) is 7. The van der Waals surface area contributed by atoms with E-state index in [4.69, 9.17) is 14.2 Å². The fraction of sp³-hybridized carbons (Fsp3) is 0.484. The lowest BCUT2D eigenvalue weighted by molar-refractivity contribution is -0.149. The molecule has 3 unspecified atom stereocenters. The van der Waals surface area contributed by atoms with E-state index in [1.54, 1.807) is 20.8 Å². The second-order valence-electron chi connectivity index (χ2n) is 11.2. The van der Waals surface area contributed by atoms with Crippen molar-refractivity contribution in [2.75, 3.05) is 6.61 Å². The quantitative estimate of drug-likeness (QED) is 0.294. The van der Waals surface area contributed by atoms with Crippen LogP contribution in [0.4, 0.5) is 4.79 Å². The molecule has 224 valence electrons. The van der Waals surface area contributed by atoms with Crippen molar-refractivity contribution in [3.8, 4) is 0 Å². The molecule has 41 heavy (non-hydrogen) atoms. The average molecular weight is 570 g/mol. The molecule has 0 aliphatic heterocycles. The summed E-state index contributed by atoms with van der Waals surface area (Å²) in [6, 6.07) is 15.5. The van der Waals surface area contributed by atoms with E-state index in [9.17, 15) is 19.2 Å². The highest BCUT2D eigenvalue weighted by Crippen LogP contribution is 2.10. The fourth-order valence-corrected chi connectivity index (χ4v) is 3.70. The molecular weight excluding hydrogens is 526 g/mol. The van der Waals surface area contributed by atoms with Crippen LogP contribution in [0.5, 0.6) is 0 Å². The lowest BCUT2D eigenvalue weighted by Crippen LogP contribution is -2.57. The van der Waals surface area contributed by atoms with Gasteiger partial charge in [0, 0.05) is 0 Å². The molecule has 0 saturated heterocycles. The molecule has 0 bridgehead atoms. The van der Waals surface area contributed by atoms with Crippen molar-refractivity contribution in [2.24, 2.45) is 5.92 Å². The number of esters is 1. The molecule has 2 aromatic rings. The Balaban J connectivity index is 2.09. The molecule has 10 nitrogen and oxygen atoms in total.